The molecule has 1 N–H and O–H groups in total. The summed E-state index contributed by atoms with van der Waals surface area (Å²) in [6, 6.07) is 16.5. The van der Waals surface area contributed by atoms with Crippen molar-refractivity contribution in [2.45, 2.75) is 0 Å². The van der Waals surface area contributed by atoms with E-state index in [2.05, 4.69) is 10.2 Å². The Bertz CT molecular complexity index is 873. The molecular weight excluding hydrogens is 282 g/mol. The highest BCUT2D eigenvalue weighted by Crippen LogP contribution is 2.32. The van der Waals surface area contributed by atoms with E-state index in [9.17, 15) is 15.2 Å². The van der Waals surface area contributed by atoms with E-state index in [1.54, 1.807) is 6.07 Å². The number of phenols is 1. The molecule has 0 saturated carbocycles. The first-order valence-corrected chi connectivity index (χ1v) is 6.51. The molecule has 22 heavy (non-hydrogen) atoms. The van der Waals surface area contributed by atoms with Gasteiger partial charge in [-0.2, -0.15) is 5.11 Å². The van der Waals surface area contributed by atoms with Gasteiger partial charge in [-0.15, -0.1) is 5.11 Å². The summed E-state index contributed by atoms with van der Waals surface area (Å²) in [5.74, 6) is 0.108. The van der Waals surface area contributed by atoms with Gasteiger partial charge in [0.25, 0.3) is 5.69 Å². The number of nitrogens with zero attached hydrogens (tertiary/aromatic N) is 3. The average Bonchev–Trinajstić information content (AvgIpc) is 2.52. The predicted octanol–water partition coefficient (Wildman–Crippen LogP) is 4.87. The van der Waals surface area contributed by atoms with Crippen molar-refractivity contribution < 1.29 is 10.0 Å². The van der Waals surface area contributed by atoms with E-state index in [0.29, 0.717) is 11.4 Å². The fraction of sp³-hybridized carbons (Fsp3) is 0. The van der Waals surface area contributed by atoms with Crippen LogP contribution in [-0.2, 0) is 0 Å². The number of nitro benzene ring substituents is 1. The number of nitro groups is 1. The number of non-ortho nitro benzene ring substituents is 1. The summed E-state index contributed by atoms with van der Waals surface area (Å²) in [5.41, 5.74) is 1.04. The third-order valence-electron chi connectivity index (χ3n) is 3.16. The fourth-order valence-electron chi connectivity index (χ4n) is 2.11. The lowest BCUT2D eigenvalue weighted by molar-refractivity contribution is -0.384. The number of azo groups is 1. The number of aromatic hydroxyl groups is 1. The third-order valence-corrected chi connectivity index (χ3v) is 3.16. The van der Waals surface area contributed by atoms with Crippen LogP contribution in [0.15, 0.2) is 70.9 Å². The van der Waals surface area contributed by atoms with Crippen molar-refractivity contribution >= 4 is 27.8 Å². The average molecular weight is 293 g/mol. The van der Waals surface area contributed by atoms with Crippen LogP contribution in [0.5, 0.6) is 5.75 Å². The molecule has 108 valence electrons. The normalized spacial score (nSPS) is 11.1. The molecule has 0 aliphatic heterocycles. The first-order chi connectivity index (χ1) is 10.6. The Labute approximate surface area is 125 Å². The Balaban J connectivity index is 1.97. The van der Waals surface area contributed by atoms with Crippen LogP contribution in [0.4, 0.5) is 17.1 Å². The van der Waals surface area contributed by atoms with Crippen LogP contribution in [0.25, 0.3) is 10.8 Å². The van der Waals surface area contributed by atoms with Crippen LogP contribution >= 0.6 is 0 Å². The second kappa shape index (κ2) is 5.61. The van der Waals surface area contributed by atoms with E-state index in [1.807, 2.05) is 24.3 Å². The van der Waals surface area contributed by atoms with Crippen molar-refractivity contribution in [2.24, 2.45) is 10.2 Å². The van der Waals surface area contributed by atoms with Crippen molar-refractivity contribution in [2.75, 3.05) is 0 Å². The van der Waals surface area contributed by atoms with Crippen molar-refractivity contribution in [1.82, 2.24) is 0 Å². The molecule has 3 rings (SSSR count). The summed E-state index contributed by atoms with van der Waals surface area (Å²) in [5, 5.41) is 30.3. The minimum absolute atomic E-state index is 0.00163. The molecule has 0 amide bonds. The van der Waals surface area contributed by atoms with E-state index < -0.39 is 4.92 Å². The zero-order valence-electron chi connectivity index (χ0n) is 11.4. The molecule has 6 nitrogen and oxygen atoms in total. The van der Waals surface area contributed by atoms with Crippen molar-refractivity contribution in [3.63, 3.8) is 0 Å². The molecule has 0 bridgehead atoms. The van der Waals surface area contributed by atoms with Gasteiger partial charge in [-0.25, -0.2) is 0 Å². The molecule has 3 aromatic carbocycles. The molecule has 0 aromatic heterocycles. The lowest BCUT2D eigenvalue weighted by Gasteiger charge is -2.02. The first kappa shape index (κ1) is 13.7. The Hall–Kier alpha value is -3.28. The van der Waals surface area contributed by atoms with Crippen LogP contribution in [-0.4, -0.2) is 10.0 Å². The van der Waals surface area contributed by atoms with Crippen molar-refractivity contribution in [1.29, 1.82) is 0 Å². The summed E-state index contributed by atoms with van der Waals surface area (Å²) in [4.78, 5) is 10.1. The molecule has 0 aliphatic rings. The van der Waals surface area contributed by atoms with Gasteiger partial charge in [-0.05, 0) is 23.6 Å². The number of fused-ring (bicyclic) bond motifs is 1. The number of hydrogen-bond donors (Lipinski definition) is 1. The lowest BCUT2D eigenvalue weighted by atomic mass is 10.1. The van der Waals surface area contributed by atoms with E-state index in [4.69, 9.17) is 0 Å². The second-order valence-electron chi connectivity index (χ2n) is 4.66. The zero-order chi connectivity index (χ0) is 15.5. The van der Waals surface area contributed by atoms with Gasteiger partial charge < -0.3 is 5.11 Å². The molecule has 0 saturated heterocycles. The number of hydrogen-bond acceptors (Lipinski definition) is 5. The Morgan fingerprint density at radius 1 is 0.955 bits per heavy atom. The van der Waals surface area contributed by atoms with Gasteiger partial charge in [0.1, 0.15) is 5.75 Å². The topological polar surface area (TPSA) is 88.1 Å². The van der Waals surface area contributed by atoms with Crippen LogP contribution in [0.2, 0.25) is 0 Å². The van der Waals surface area contributed by atoms with E-state index in [0.717, 1.165) is 10.8 Å². The summed E-state index contributed by atoms with van der Waals surface area (Å²) in [6.07, 6.45) is 0. The largest absolute Gasteiger partial charge is 0.508 e. The van der Waals surface area contributed by atoms with Crippen LogP contribution in [0.3, 0.4) is 0 Å². The quantitative estimate of drug-likeness (QED) is 0.424. The fourth-order valence-corrected chi connectivity index (χ4v) is 2.11. The molecule has 0 heterocycles. The molecule has 0 unspecified atom stereocenters. The molecule has 0 radical (unpaired) electrons. The van der Waals surface area contributed by atoms with Crippen molar-refractivity contribution in [3.05, 3.63) is 70.8 Å². The Morgan fingerprint density at radius 2 is 1.68 bits per heavy atom. The van der Waals surface area contributed by atoms with Crippen LogP contribution in [0, 0.1) is 10.1 Å². The monoisotopic (exact) mass is 293 g/mol. The van der Waals surface area contributed by atoms with Gasteiger partial charge in [0, 0.05) is 23.6 Å². The lowest BCUT2D eigenvalue weighted by Crippen LogP contribution is -1.85. The molecular formula is C16H11N3O3. The van der Waals surface area contributed by atoms with Gasteiger partial charge >= 0.3 is 0 Å². The maximum atomic E-state index is 10.6. The summed E-state index contributed by atoms with van der Waals surface area (Å²) in [7, 11) is 0. The molecule has 3 aromatic rings. The van der Waals surface area contributed by atoms with Crippen LogP contribution < -0.4 is 0 Å². The molecule has 0 fully saturated rings. The smallest absolute Gasteiger partial charge is 0.269 e. The third kappa shape index (κ3) is 2.76. The van der Waals surface area contributed by atoms with E-state index in [-0.39, 0.29) is 11.4 Å². The maximum absolute atomic E-state index is 10.6. The SMILES string of the molecule is O=[N+]([O-])c1ccc(N=Nc2cc(O)cc3ccccc23)cc1. The maximum Gasteiger partial charge on any atom is 0.269 e. The molecule has 0 atom stereocenters. The highest BCUT2D eigenvalue weighted by Gasteiger charge is 2.05. The minimum Gasteiger partial charge on any atom is -0.508 e. The summed E-state index contributed by atoms with van der Waals surface area (Å²) in [6.45, 7) is 0. The first-order valence-electron chi connectivity index (χ1n) is 6.51. The number of rotatable bonds is 3. The number of benzene rings is 3. The Kier molecular flexibility index (Phi) is 3.49. The predicted molar refractivity (Wildman–Crippen MR) is 82.9 cm³/mol. The van der Waals surface area contributed by atoms with E-state index >= 15 is 0 Å². The molecule has 0 spiro atoms. The van der Waals surface area contributed by atoms with Crippen LogP contribution in [0.1, 0.15) is 0 Å². The summed E-state index contributed by atoms with van der Waals surface area (Å²) < 4.78 is 0. The van der Waals surface area contributed by atoms with Gasteiger partial charge in [0.05, 0.1) is 16.3 Å². The standard InChI is InChI=1S/C16H11N3O3/c20-14-9-11-3-1-2-4-15(11)16(10-14)18-17-12-5-7-13(8-6-12)19(21)22/h1-10,20H. The van der Waals surface area contributed by atoms with Crippen molar-refractivity contribution in [3.8, 4) is 5.75 Å². The van der Waals surface area contributed by atoms with E-state index in [1.165, 1.54) is 30.3 Å². The minimum atomic E-state index is -0.469. The van der Waals surface area contributed by atoms with Gasteiger partial charge in [0.15, 0.2) is 0 Å². The number of phenolic OH excluding ortho intramolecular Hbond substituents is 1. The van der Waals surface area contributed by atoms with Gasteiger partial charge in [0.2, 0.25) is 0 Å². The highest BCUT2D eigenvalue weighted by molar-refractivity contribution is 5.93. The highest BCUT2D eigenvalue weighted by atomic mass is 16.6. The zero-order valence-corrected chi connectivity index (χ0v) is 11.4. The van der Waals surface area contributed by atoms with Gasteiger partial charge in [-0.3, -0.25) is 10.1 Å². The second-order valence-corrected chi connectivity index (χ2v) is 4.66. The van der Waals surface area contributed by atoms with Gasteiger partial charge in [-0.1, -0.05) is 24.3 Å². The summed E-state index contributed by atoms with van der Waals surface area (Å²) >= 11 is 0. The molecule has 0 aliphatic carbocycles. The molecule has 6 heteroatoms. The Morgan fingerprint density at radius 3 is 2.41 bits per heavy atom.